The lowest BCUT2D eigenvalue weighted by molar-refractivity contribution is 0.597. The van der Waals surface area contributed by atoms with Crippen LogP contribution in [0.3, 0.4) is 0 Å². The van der Waals surface area contributed by atoms with Gasteiger partial charge in [0.15, 0.2) is 0 Å². The molecule has 0 heterocycles. The lowest BCUT2D eigenvalue weighted by Gasteiger charge is -2.12. The Bertz CT molecular complexity index is 527. The molecule has 1 aromatic carbocycles. The molecule has 1 aliphatic carbocycles. The van der Waals surface area contributed by atoms with E-state index in [-0.39, 0.29) is 10.6 Å². The summed E-state index contributed by atoms with van der Waals surface area (Å²) in [7, 11) is -3.63. The molecule has 2 rings (SSSR count). The Hall–Kier alpha value is -1.36. The fourth-order valence-corrected chi connectivity index (χ4v) is 3.22. The Kier molecular flexibility index (Phi) is 3.47. The molecule has 0 radical (unpaired) electrons. The third-order valence-electron chi connectivity index (χ3n) is 2.88. The van der Waals surface area contributed by atoms with Gasteiger partial charge in [0.2, 0.25) is 0 Å². The van der Waals surface area contributed by atoms with Gasteiger partial charge < -0.3 is 5.73 Å². The molecule has 0 spiro atoms. The van der Waals surface area contributed by atoms with Crippen LogP contribution in [0.25, 0.3) is 0 Å². The first kappa shape index (κ1) is 12.1. The quantitative estimate of drug-likeness (QED) is 0.821. The van der Waals surface area contributed by atoms with E-state index in [1.807, 2.05) is 0 Å². The van der Waals surface area contributed by atoms with Crippen LogP contribution in [0, 0.1) is 0 Å². The molecule has 1 saturated carbocycles. The Morgan fingerprint density at radius 1 is 1.06 bits per heavy atom. The van der Waals surface area contributed by atoms with Crippen molar-refractivity contribution in [1.82, 2.24) is 0 Å². The summed E-state index contributed by atoms with van der Waals surface area (Å²) in [5.74, 6) is 0. The Balaban J connectivity index is 2.34. The zero-order valence-corrected chi connectivity index (χ0v) is 10.4. The zero-order valence-electron chi connectivity index (χ0n) is 9.59. The predicted octanol–water partition coefficient (Wildman–Crippen LogP) is 2.36. The first-order valence-electron chi connectivity index (χ1n) is 5.77. The molecule has 92 valence electrons. The van der Waals surface area contributed by atoms with E-state index in [1.165, 1.54) is 6.07 Å². The number of rotatable bonds is 2. The lowest BCUT2D eigenvalue weighted by atomic mass is 9.99. The van der Waals surface area contributed by atoms with Crippen LogP contribution in [0.2, 0.25) is 0 Å². The minimum Gasteiger partial charge on any atom is -0.398 e. The third-order valence-corrected chi connectivity index (χ3v) is 4.30. The SMILES string of the molecule is Nc1ccccc1S(=O)(=O)N=C1CCCCC1. The molecule has 1 fully saturated rings. The van der Waals surface area contributed by atoms with Gasteiger partial charge in [0.05, 0.1) is 5.69 Å². The standard InChI is InChI=1S/C12H16N2O2S/c13-11-8-4-5-9-12(11)17(15,16)14-10-6-2-1-3-7-10/h4-5,8-9H,1-3,6-7,13H2. The highest BCUT2D eigenvalue weighted by Crippen LogP contribution is 2.22. The Morgan fingerprint density at radius 3 is 2.35 bits per heavy atom. The number of hydrogen-bond acceptors (Lipinski definition) is 3. The second-order valence-corrected chi connectivity index (χ2v) is 5.80. The number of para-hydroxylation sites is 1. The van der Waals surface area contributed by atoms with Crippen LogP contribution in [-0.2, 0) is 10.0 Å². The van der Waals surface area contributed by atoms with Crippen LogP contribution in [0.5, 0.6) is 0 Å². The normalized spacial score (nSPS) is 16.8. The van der Waals surface area contributed by atoms with E-state index < -0.39 is 10.0 Å². The van der Waals surface area contributed by atoms with Crippen LogP contribution in [-0.4, -0.2) is 14.1 Å². The summed E-state index contributed by atoms with van der Waals surface area (Å²) in [6, 6.07) is 6.44. The summed E-state index contributed by atoms with van der Waals surface area (Å²) in [4.78, 5) is 0.109. The fraction of sp³-hybridized carbons (Fsp3) is 0.417. The van der Waals surface area contributed by atoms with Gasteiger partial charge in [0, 0.05) is 5.71 Å². The molecule has 1 aromatic rings. The van der Waals surface area contributed by atoms with E-state index in [4.69, 9.17) is 5.73 Å². The fourth-order valence-electron chi connectivity index (χ4n) is 1.99. The van der Waals surface area contributed by atoms with Gasteiger partial charge in [-0.3, -0.25) is 0 Å². The maximum Gasteiger partial charge on any atom is 0.284 e. The number of anilines is 1. The maximum absolute atomic E-state index is 12.1. The van der Waals surface area contributed by atoms with Crippen molar-refractivity contribution in [2.75, 3.05) is 5.73 Å². The molecule has 0 aliphatic heterocycles. The number of benzene rings is 1. The summed E-state index contributed by atoms with van der Waals surface area (Å²) in [6.07, 6.45) is 4.78. The van der Waals surface area contributed by atoms with Gasteiger partial charge in [0.25, 0.3) is 10.0 Å². The number of sulfonamides is 1. The maximum atomic E-state index is 12.1. The molecule has 0 unspecified atom stereocenters. The van der Waals surface area contributed by atoms with E-state index in [2.05, 4.69) is 4.40 Å². The molecule has 0 bridgehead atoms. The van der Waals surface area contributed by atoms with Crippen molar-refractivity contribution in [3.63, 3.8) is 0 Å². The van der Waals surface area contributed by atoms with Gasteiger partial charge in [-0.25, -0.2) is 0 Å². The first-order valence-corrected chi connectivity index (χ1v) is 7.21. The zero-order chi connectivity index (χ0) is 12.3. The van der Waals surface area contributed by atoms with E-state index in [0.29, 0.717) is 0 Å². The summed E-state index contributed by atoms with van der Waals surface area (Å²) in [5, 5.41) is 0. The lowest BCUT2D eigenvalue weighted by Crippen LogP contribution is -2.09. The van der Waals surface area contributed by atoms with Crippen LogP contribution in [0.15, 0.2) is 33.6 Å². The smallest absolute Gasteiger partial charge is 0.284 e. The van der Waals surface area contributed by atoms with Crippen molar-refractivity contribution in [3.05, 3.63) is 24.3 Å². The molecule has 5 heteroatoms. The molecule has 0 atom stereocenters. The minimum absolute atomic E-state index is 0.109. The largest absolute Gasteiger partial charge is 0.398 e. The van der Waals surface area contributed by atoms with E-state index >= 15 is 0 Å². The van der Waals surface area contributed by atoms with E-state index in [9.17, 15) is 8.42 Å². The van der Waals surface area contributed by atoms with Crippen LogP contribution < -0.4 is 5.73 Å². The van der Waals surface area contributed by atoms with Crippen molar-refractivity contribution in [3.8, 4) is 0 Å². The van der Waals surface area contributed by atoms with Gasteiger partial charge >= 0.3 is 0 Å². The highest BCUT2D eigenvalue weighted by atomic mass is 32.2. The van der Waals surface area contributed by atoms with E-state index in [1.54, 1.807) is 18.2 Å². The van der Waals surface area contributed by atoms with Crippen molar-refractivity contribution >= 4 is 21.4 Å². The monoisotopic (exact) mass is 252 g/mol. The summed E-state index contributed by atoms with van der Waals surface area (Å²) >= 11 is 0. The van der Waals surface area contributed by atoms with Crippen LogP contribution in [0.4, 0.5) is 5.69 Å². The number of hydrogen-bond donors (Lipinski definition) is 1. The third kappa shape index (κ3) is 2.85. The molecular weight excluding hydrogens is 236 g/mol. The molecular formula is C12H16N2O2S. The topological polar surface area (TPSA) is 72.5 Å². The van der Waals surface area contributed by atoms with E-state index in [0.717, 1.165) is 37.8 Å². The van der Waals surface area contributed by atoms with Gasteiger partial charge in [0.1, 0.15) is 4.90 Å². The highest BCUT2D eigenvalue weighted by Gasteiger charge is 2.18. The number of nitrogens with zero attached hydrogens (tertiary/aromatic N) is 1. The Morgan fingerprint density at radius 2 is 1.71 bits per heavy atom. The molecule has 0 saturated heterocycles. The number of nitrogens with two attached hydrogens (primary N) is 1. The van der Waals surface area contributed by atoms with Crippen molar-refractivity contribution in [2.45, 2.75) is 37.0 Å². The second-order valence-electron chi connectivity index (χ2n) is 4.23. The van der Waals surface area contributed by atoms with Gasteiger partial charge in [-0.2, -0.15) is 12.8 Å². The average Bonchev–Trinajstić information content (AvgIpc) is 2.30. The van der Waals surface area contributed by atoms with Gasteiger partial charge in [-0.1, -0.05) is 18.6 Å². The van der Waals surface area contributed by atoms with Crippen LogP contribution >= 0.6 is 0 Å². The summed E-state index contributed by atoms with van der Waals surface area (Å²) in [6.45, 7) is 0. The highest BCUT2D eigenvalue weighted by molar-refractivity contribution is 7.90. The van der Waals surface area contributed by atoms with Crippen molar-refractivity contribution in [2.24, 2.45) is 4.40 Å². The predicted molar refractivity (Wildman–Crippen MR) is 68.6 cm³/mol. The molecule has 4 nitrogen and oxygen atoms in total. The summed E-state index contributed by atoms with van der Waals surface area (Å²) in [5.41, 5.74) is 6.70. The Labute approximate surface area is 102 Å². The van der Waals surface area contributed by atoms with Crippen LogP contribution in [0.1, 0.15) is 32.1 Å². The second kappa shape index (κ2) is 4.87. The molecule has 0 aromatic heterocycles. The van der Waals surface area contributed by atoms with Crippen molar-refractivity contribution in [1.29, 1.82) is 0 Å². The van der Waals surface area contributed by atoms with Crippen molar-refractivity contribution < 1.29 is 8.42 Å². The average molecular weight is 252 g/mol. The molecule has 1 aliphatic rings. The van der Waals surface area contributed by atoms with Gasteiger partial charge in [-0.05, 0) is 37.8 Å². The van der Waals surface area contributed by atoms with Gasteiger partial charge in [-0.15, -0.1) is 0 Å². The number of nitrogen functional groups attached to an aromatic ring is 1. The minimum atomic E-state index is -3.63. The first-order chi connectivity index (χ1) is 8.09. The molecule has 17 heavy (non-hydrogen) atoms. The molecule has 2 N–H and O–H groups in total. The summed E-state index contributed by atoms with van der Waals surface area (Å²) < 4.78 is 28.0. The molecule has 0 amide bonds.